The molecular weight excluding hydrogens is 224 g/mol. The van der Waals surface area contributed by atoms with Gasteiger partial charge in [0, 0.05) is 25.0 Å². The van der Waals surface area contributed by atoms with Crippen molar-refractivity contribution in [3.63, 3.8) is 0 Å². The molecule has 2 aromatic rings. The Kier molecular flexibility index (Phi) is 2.92. The van der Waals surface area contributed by atoms with E-state index < -0.39 is 0 Å². The monoisotopic (exact) mass is 242 g/mol. The van der Waals surface area contributed by atoms with Gasteiger partial charge in [0.15, 0.2) is 0 Å². The number of fused-ring (bicyclic) bond motifs is 1. The lowest BCUT2D eigenvalue weighted by molar-refractivity contribution is 0.580. The van der Waals surface area contributed by atoms with Crippen molar-refractivity contribution in [3.8, 4) is 0 Å². The van der Waals surface area contributed by atoms with Gasteiger partial charge in [-0.05, 0) is 30.5 Å². The van der Waals surface area contributed by atoms with E-state index in [0.717, 1.165) is 19.6 Å². The van der Waals surface area contributed by atoms with Crippen LogP contribution in [0.2, 0.25) is 0 Å². The molecule has 1 aromatic heterocycles. The van der Waals surface area contributed by atoms with Crippen LogP contribution in [0.4, 0.5) is 11.5 Å². The van der Waals surface area contributed by atoms with Gasteiger partial charge in [0.25, 0.3) is 0 Å². The van der Waals surface area contributed by atoms with Crippen molar-refractivity contribution in [3.05, 3.63) is 42.1 Å². The van der Waals surface area contributed by atoms with Gasteiger partial charge in [-0.15, -0.1) is 0 Å². The van der Waals surface area contributed by atoms with Gasteiger partial charge in [-0.3, -0.25) is 4.68 Å². The molecular formula is C14H18N4. The van der Waals surface area contributed by atoms with Crippen LogP contribution in [0.15, 0.2) is 36.5 Å². The zero-order valence-corrected chi connectivity index (χ0v) is 10.4. The van der Waals surface area contributed by atoms with Gasteiger partial charge in [0.05, 0.1) is 6.54 Å². The Morgan fingerprint density at radius 1 is 1.17 bits per heavy atom. The van der Waals surface area contributed by atoms with Crippen LogP contribution in [-0.4, -0.2) is 22.9 Å². The zero-order valence-electron chi connectivity index (χ0n) is 10.4. The molecule has 2 N–H and O–H groups in total. The van der Waals surface area contributed by atoms with Crippen molar-refractivity contribution in [1.82, 2.24) is 9.78 Å². The number of para-hydroxylation sites is 1. The molecule has 94 valence electrons. The van der Waals surface area contributed by atoms with Crippen molar-refractivity contribution in [2.45, 2.75) is 19.4 Å². The highest BCUT2D eigenvalue weighted by Gasteiger charge is 2.15. The Bertz CT molecular complexity index is 532. The summed E-state index contributed by atoms with van der Waals surface area (Å²) < 4.78 is 1.91. The number of rotatable bonds is 3. The zero-order chi connectivity index (χ0) is 12.4. The van der Waals surface area contributed by atoms with E-state index in [9.17, 15) is 0 Å². The molecule has 0 atom stereocenters. The first kappa shape index (κ1) is 11.1. The van der Waals surface area contributed by atoms with Crippen LogP contribution < -0.4 is 10.6 Å². The third kappa shape index (κ3) is 2.18. The first-order valence-corrected chi connectivity index (χ1v) is 6.45. The first-order valence-electron chi connectivity index (χ1n) is 6.45. The molecule has 0 aliphatic carbocycles. The third-order valence-electron chi connectivity index (χ3n) is 3.47. The third-order valence-corrected chi connectivity index (χ3v) is 3.47. The number of anilines is 2. The van der Waals surface area contributed by atoms with E-state index in [4.69, 9.17) is 5.73 Å². The van der Waals surface area contributed by atoms with Crippen molar-refractivity contribution >= 4 is 11.5 Å². The summed E-state index contributed by atoms with van der Waals surface area (Å²) in [6.07, 6.45) is 4.37. The maximum absolute atomic E-state index is 5.62. The second-order valence-corrected chi connectivity index (χ2v) is 4.72. The van der Waals surface area contributed by atoms with Crippen LogP contribution in [0.3, 0.4) is 0 Å². The number of benzene rings is 1. The molecule has 4 heteroatoms. The predicted octanol–water partition coefficient (Wildman–Crippen LogP) is 1.92. The largest absolute Gasteiger partial charge is 0.382 e. The highest BCUT2D eigenvalue weighted by Crippen LogP contribution is 2.26. The standard InChI is InChI=1S/C14H18N4/c15-14-7-9-18(16-14)11-10-17-8-3-5-12-4-1-2-6-13(12)17/h1-2,4,6-7,9H,3,5,8,10-11H2,(H2,15,16). The summed E-state index contributed by atoms with van der Waals surface area (Å²) in [6.45, 7) is 3.00. The molecule has 0 unspecified atom stereocenters. The topological polar surface area (TPSA) is 47.1 Å². The Hall–Kier alpha value is -1.97. The van der Waals surface area contributed by atoms with Crippen molar-refractivity contribution in [1.29, 1.82) is 0 Å². The minimum Gasteiger partial charge on any atom is -0.382 e. The SMILES string of the molecule is Nc1ccn(CCN2CCCc3ccccc32)n1. The fourth-order valence-corrected chi connectivity index (χ4v) is 2.57. The molecule has 0 bridgehead atoms. The summed E-state index contributed by atoms with van der Waals surface area (Å²) in [5.41, 5.74) is 8.46. The van der Waals surface area contributed by atoms with Gasteiger partial charge in [-0.25, -0.2) is 0 Å². The van der Waals surface area contributed by atoms with E-state index in [-0.39, 0.29) is 0 Å². The Labute approximate surface area is 107 Å². The molecule has 4 nitrogen and oxygen atoms in total. The molecule has 1 aliphatic rings. The van der Waals surface area contributed by atoms with E-state index in [1.807, 2.05) is 16.9 Å². The average Bonchev–Trinajstić information content (AvgIpc) is 2.82. The van der Waals surface area contributed by atoms with Gasteiger partial charge < -0.3 is 10.6 Å². The molecule has 1 aromatic carbocycles. The molecule has 0 amide bonds. The van der Waals surface area contributed by atoms with Crippen LogP contribution in [0, 0.1) is 0 Å². The fourth-order valence-electron chi connectivity index (χ4n) is 2.57. The smallest absolute Gasteiger partial charge is 0.145 e. The summed E-state index contributed by atoms with van der Waals surface area (Å²) in [4.78, 5) is 2.44. The van der Waals surface area contributed by atoms with Crippen molar-refractivity contribution < 1.29 is 0 Å². The van der Waals surface area contributed by atoms with Crippen LogP contribution in [0.5, 0.6) is 0 Å². The fraction of sp³-hybridized carbons (Fsp3) is 0.357. The second-order valence-electron chi connectivity index (χ2n) is 4.72. The number of aryl methyl sites for hydroxylation is 1. The molecule has 2 heterocycles. The van der Waals surface area contributed by atoms with Gasteiger partial charge in [0.2, 0.25) is 0 Å². The minimum absolute atomic E-state index is 0.592. The molecule has 1 aliphatic heterocycles. The first-order chi connectivity index (χ1) is 8.83. The van der Waals surface area contributed by atoms with E-state index in [1.54, 1.807) is 0 Å². The summed E-state index contributed by atoms with van der Waals surface area (Å²) in [7, 11) is 0. The second kappa shape index (κ2) is 4.72. The molecule has 0 spiro atoms. The van der Waals surface area contributed by atoms with Gasteiger partial charge >= 0.3 is 0 Å². The molecule has 0 saturated carbocycles. The molecule has 3 rings (SSSR count). The Balaban J connectivity index is 1.71. The highest BCUT2D eigenvalue weighted by molar-refractivity contribution is 5.55. The van der Waals surface area contributed by atoms with Crippen molar-refractivity contribution in [2.75, 3.05) is 23.7 Å². The van der Waals surface area contributed by atoms with Gasteiger partial charge in [0.1, 0.15) is 5.82 Å². The van der Waals surface area contributed by atoms with E-state index in [2.05, 4.69) is 34.3 Å². The normalized spacial score (nSPS) is 14.6. The molecule has 18 heavy (non-hydrogen) atoms. The van der Waals surface area contributed by atoms with E-state index >= 15 is 0 Å². The maximum Gasteiger partial charge on any atom is 0.145 e. The summed E-state index contributed by atoms with van der Waals surface area (Å²) in [6, 6.07) is 10.5. The Morgan fingerprint density at radius 3 is 2.89 bits per heavy atom. The van der Waals surface area contributed by atoms with Gasteiger partial charge in [-0.2, -0.15) is 5.10 Å². The number of hydrogen-bond donors (Lipinski definition) is 1. The van der Waals surface area contributed by atoms with Gasteiger partial charge in [-0.1, -0.05) is 18.2 Å². The van der Waals surface area contributed by atoms with Crippen LogP contribution >= 0.6 is 0 Å². The minimum atomic E-state index is 0.592. The maximum atomic E-state index is 5.62. The average molecular weight is 242 g/mol. The number of nitrogens with two attached hydrogens (primary N) is 1. The van der Waals surface area contributed by atoms with Crippen LogP contribution in [0.1, 0.15) is 12.0 Å². The Morgan fingerprint density at radius 2 is 2.06 bits per heavy atom. The lowest BCUT2D eigenvalue weighted by Crippen LogP contribution is -2.32. The lowest BCUT2D eigenvalue weighted by atomic mass is 10.0. The molecule has 0 saturated heterocycles. The number of nitrogens with zero attached hydrogens (tertiary/aromatic N) is 3. The van der Waals surface area contributed by atoms with Crippen LogP contribution in [0.25, 0.3) is 0 Å². The van der Waals surface area contributed by atoms with E-state index in [0.29, 0.717) is 5.82 Å². The quantitative estimate of drug-likeness (QED) is 0.894. The number of nitrogen functional groups attached to an aromatic ring is 1. The number of hydrogen-bond acceptors (Lipinski definition) is 3. The summed E-state index contributed by atoms with van der Waals surface area (Å²) in [5, 5.41) is 4.22. The highest BCUT2D eigenvalue weighted by atomic mass is 15.3. The molecule has 0 fully saturated rings. The lowest BCUT2D eigenvalue weighted by Gasteiger charge is -2.31. The number of aromatic nitrogens is 2. The van der Waals surface area contributed by atoms with Crippen LogP contribution in [-0.2, 0) is 13.0 Å². The van der Waals surface area contributed by atoms with E-state index in [1.165, 1.54) is 24.1 Å². The summed E-state index contributed by atoms with van der Waals surface area (Å²) in [5.74, 6) is 0.592. The molecule has 0 radical (unpaired) electrons. The van der Waals surface area contributed by atoms with Crippen molar-refractivity contribution in [2.24, 2.45) is 0 Å². The summed E-state index contributed by atoms with van der Waals surface area (Å²) >= 11 is 0. The predicted molar refractivity (Wildman–Crippen MR) is 73.6 cm³/mol.